The second-order valence-electron chi connectivity index (χ2n) is 5.45. The van der Waals surface area contributed by atoms with Crippen molar-refractivity contribution in [2.45, 2.75) is 90.9 Å². The molecule has 0 nitrogen and oxygen atoms in total. The quantitative estimate of drug-likeness (QED) is 0.227. The fourth-order valence-corrected chi connectivity index (χ4v) is 5.17. The third-order valence-corrected chi connectivity index (χ3v) is 7.24. The van der Waals surface area contributed by atoms with Gasteiger partial charge in [-0.15, -0.1) is 0 Å². The van der Waals surface area contributed by atoms with Gasteiger partial charge < -0.3 is 0 Å². The summed E-state index contributed by atoms with van der Waals surface area (Å²) in [5.74, 6) is 0. The van der Waals surface area contributed by atoms with E-state index in [1.54, 1.807) is 0 Å². The summed E-state index contributed by atoms with van der Waals surface area (Å²) in [6, 6.07) is 0. The van der Waals surface area contributed by atoms with E-state index < -0.39 is 0 Å². The molecule has 0 aliphatic heterocycles. The van der Waals surface area contributed by atoms with E-state index in [4.69, 9.17) is 0 Å². The monoisotopic (exact) mass is 336 g/mol. The minimum absolute atomic E-state index is 0.192. The number of hydrogen-bond donors (Lipinski definition) is 0. The van der Waals surface area contributed by atoms with Crippen LogP contribution in [0.15, 0.2) is 0 Å². The van der Waals surface area contributed by atoms with Crippen LogP contribution in [0.4, 0.5) is 0 Å². The van der Waals surface area contributed by atoms with Crippen molar-refractivity contribution in [2.75, 3.05) is 12.3 Å². The Kier molecular flexibility index (Phi) is 16.8. The molecule has 0 aromatic rings. The molecule has 0 radical (unpaired) electrons. The number of unbranched alkanes of at least 4 members (excludes halogenated alkanes) is 10. The molecule has 0 heterocycles. The zero-order chi connectivity index (χ0) is 13.5. The van der Waals surface area contributed by atoms with Crippen LogP contribution in [-0.4, -0.2) is 12.3 Å². The first-order chi connectivity index (χ1) is 8.81. The van der Waals surface area contributed by atoms with E-state index in [0.717, 1.165) is 0 Å². The molecule has 1 atom stereocenters. The molecular formula is C16H34BrP. The second kappa shape index (κ2) is 16.0. The van der Waals surface area contributed by atoms with Crippen molar-refractivity contribution in [3.05, 3.63) is 0 Å². The summed E-state index contributed by atoms with van der Waals surface area (Å²) in [5, 5.41) is 0. The highest BCUT2D eigenvalue weighted by Crippen LogP contribution is 2.45. The van der Waals surface area contributed by atoms with Gasteiger partial charge in [-0.2, -0.15) is 0 Å². The molecule has 0 aromatic carbocycles. The molecule has 1 unspecified atom stereocenters. The van der Waals surface area contributed by atoms with Crippen LogP contribution in [-0.2, 0) is 0 Å². The molecule has 0 saturated heterocycles. The van der Waals surface area contributed by atoms with Gasteiger partial charge in [0.15, 0.2) is 0 Å². The van der Waals surface area contributed by atoms with E-state index in [1.807, 2.05) is 0 Å². The average molecular weight is 337 g/mol. The Balaban J connectivity index is 3.02. The molecule has 0 amide bonds. The van der Waals surface area contributed by atoms with Crippen molar-refractivity contribution >= 4 is 22.1 Å². The Hall–Kier alpha value is 0.910. The maximum atomic E-state index is 3.86. The molecule has 0 saturated carbocycles. The lowest BCUT2D eigenvalue weighted by Gasteiger charge is -2.08. The average Bonchev–Trinajstić information content (AvgIpc) is 2.38. The first-order valence-corrected chi connectivity index (χ1v) is 11.9. The number of hydrogen-bond acceptors (Lipinski definition) is 0. The predicted octanol–water partition coefficient (Wildman–Crippen LogP) is 7.50. The predicted molar refractivity (Wildman–Crippen MR) is 92.3 cm³/mol. The summed E-state index contributed by atoms with van der Waals surface area (Å²) in [5.41, 5.74) is 0. The van der Waals surface area contributed by atoms with Gasteiger partial charge in [-0.05, 0) is 31.8 Å². The van der Waals surface area contributed by atoms with E-state index in [1.165, 1.54) is 89.4 Å². The van der Waals surface area contributed by atoms with Gasteiger partial charge in [0.2, 0.25) is 0 Å². The van der Waals surface area contributed by atoms with Gasteiger partial charge in [0.25, 0.3) is 0 Å². The van der Waals surface area contributed by atoms with Crippen molar-refractivity contribution in [3.8, 4) is 0 Å². The van der Waals surface area contributed by atoms with Gasteiger partial charge in [-0.25, -0.2) is 0 Å². The Morgan fingerprint density at radius 2 is 0.944 bits per heavy atom. The Labute approximate surface area is 125 Å². The summed E-state index contributed by atoms with van der Waals surface area (Å²) in [6.45, 7) is 4.77. The van der Waals surface area contributed by atoms with Crippen LogP contribution >= 0.6 is 22.1 Å². The first-order valence-electron chi connectivity index (χ1n) is 8.22. The van der Waals surface area contributed by atoms with Gasteiger partial charge in [0.05, 0.1) is 0 Å². The molecule has 0 aliphatic rings. The largest absolute Gasteiger partial charge is 0.0654 e. The number of rotatable bonds is 14. The minimum atomic E-state index is 0.192. The highest BCUT2D eigenvalue weighted by molar-refractivity contribution is 9.39. The standard InChI is InChI=1S/C16H34BrP/c1-3-5-7-8-9-10-11-12-13-14-16-18(17)15-6-4-2/h3-16H2,1-2H3. The SMILES string of the molecule is CCCCCCCCCCCCP(Br)CCCC. The Morgan fingerprint density at radius 3 is 1.44 bits per heavy atom. The highest BCUT2D eigenvalue weighted by Gasteiger charge is 2.02. The van der Waals surface area contributed by atoms with Crippen molar-refractivity contribution < 1.29 is 0 Å². The van der Waals surface area contributed by atoms with Crippen LogP contribution in [0, 0.1) is 0 Å². The lowest BCUT2D eigenvalue weighted by atomic mass is 10.1. The van der Waals surface area contributed by atoms with Gasteiger partial charge in [-0.1, -0.05) is 93.5 Å². The van der Waals surface area contributed by atoms with Gasteiger partial charge >= 0.3 is 0 Å². The van der Waals surface area contributed by atoms with Crippen molar-refractivity contribution in [2.24, 2.45) is 0 Å². The molecule has 110 valence electrons. The van der Waals surface area contributed by atoms with Crippen LogP contribution in [0.2, 0.25) is 0 Å². The summed E-state index contributed by atoms with van der Waals surface area (Å²) >= 11 is 3.86. The fraction of sp³-hybridized carbons (Fsp3) is 1.00. The fourth-order valence-electron chi connectivity index (χ4n) is 2.21. The molecule has 0 rings (SSSR count). The smallest absolute Gasteiger partial charge is 0.0227 e. The normalized spacial score (nSPS) is 12.8. The number of halogens is 1. The van der Waals surface area contributed by atoms with Crippen molar-refractivity contribution in [1.82, 2.24) is 0 Å². The molecule has 0 aromatic heterocycles. The Bertz CT molecular complexity index is 150. The van der Waals surface area contributed by atoms with E-state index in [0.29, 0.717) is 0 Å². The summed E-state index contributed by atoms with van der Waals surface area (Å²) < 4.78 is 0. The molecule has 18 heavy (non-hydrogen) atoms. The van der Waals surface area contributed by atoms with Gasteiger partial charge in [0.1, 0.15) is 0 Å². The van der Waals surface area contributed by atoms with E-state index in [2.05, 4.69) is 29.3 Å². The molecule has 0 N–H and O–H groups in total. The third kappa shape index (κ3) is 15.0. The third-order valence-electron chi connectivity index (χ3n) is 3.51. The topological polar surface area (TPSA) is 0 Å². The van der Waals surface area contributed by atoms with E-state index in [-0.39, 0.29) is 6.62 Å². The minimum Gasteiger partial charge on any atom is -0.0654 e. The van der Waals surface area contributed by atoms with Crippen LogP contribution in [0.1, 0.15) is 90.9 Å². The lowest BCUT2D eigenvalue weighted by molar-refractivity contribution is 0.563. The van der Waals surface area contributed by atoms with Crippen LogP contribution in [0.5, 0.6) is 0 Å². The second-order valence-corrected chi connectivity index (χ2v) is 10.3. The zero-order valence-corrected chi connectivity index (χ0v) is 15.2. The van der Waals surface area contributed by atoms with Crippen LogP contribution < -0.4 is 0 Å². The van der Waals surface area contributed by atoms with Crippen LogP contribution in [0.25, 0.3) is 0 Å². The zero-order valence-electron chi connectivity index (χ0n) is 12.7. The maximum Gasteiger partial charge on any atom is -0.0227 e. The van der Waals surface area contributed by atoms with Crippen LogP contribution in [0.3, 0.4) is 0 Å². The van der Waals surface area contributed by atoms with Gasteiger partial charge in [0, 0.05) is 0 Å². The van der Waals surface area contributed by atoms with Crippen molar-refractivity contribution in [3.63, 3.8) is 0 Å². The van der Waals surface area contributed by atoms with Crippen molar-refractivity contribution in [1.29, 1.82) is 0 Å². The molecule has 0 aliphatic carbocycles. The molecule has 0 spiro atoms. The molecule has 0 bridgehead atoms. The lowest BCUT2D eigenvalue weighted by Crippen LogP contribution is -1.87. The summed E-state index contributed by atoms with van der Waals surface area (Å²) in [7, 11) is 0. The summed E-state index contributed by atoms with van der Waals surface area (Å²) in [6.07, 6.45) is 20.2. The molecule has 0 fully saturated rings. The Morgan fingerprint density at radius 1 is 0.556 bits per heavy atom. The van der Waals surface area contributed by atoms with E-state index in [9.17, 15) is 0 Å². The molecular weight excluding hydrogens is 303 g/mol. The highest BCUT2D eigenvalue weighted by atomic mass is 79.9. The first kappa shape index (κ1) is 18.9. The van der Waals surface area contributed by atoms with E-state index >= 15 is 0 Å². The molecule has 2 heteroatoms. The van der Waals surface area contributed by atoms with Gasteiger partial charge in [-0.3, -0.25) is 0 Å². The maximum absolute atomic E-state index is 3.86. The summed E-state index contributed by atoms with van der Waals surface area (Å²) in [4.78, 5) is 0.